The molecule has 1 saturated heterocycles. The lowest BCUT2D eigenvalue weighted by Crippen LogP contribution is -2.50. The summed E-state index contributed by atoms with van der Waals surface area (Å²) in [5.74, 6) is -0.691. The summed E-state index contributed by atoms with van der Waals surface area (Å²) in [5.41, 5.74) is 0.676. The Morgan fingerprint density at radius 3 is 2.81 bits per heavy atom. The molecule has 0 saturated carbocycles. The average Bonchev–Trinajstić information content (AvgIpc) is 2.96. The quantitative estimate of drug-likeness (QED) is 0.896. The van der Waals surface area contributed by atoms with E-state index < -0.39 is 0 Å². The van der Waals surface area contributed by atoms with E-state index in [2.05, 4.69) is 10.3 Å². The van der Waals surface area contributed by atoms with Crippen molar-refractivity contribution in [2.45, 2.75) is 0 Å². The first-order valence-electron chi connectivity index (χ1n) is 6.40. The molecule has 0 unspecified atom stereocenters. The van der Waals surface area contributed by atoms with Gasteiger partial charge in [0.2, 0.25) is 5.91 Å². The van der Waals surface area contributed by atoms with E-state index in [4.69, 9.17) is 4.42 Å². The Morgan fingerprint density at radius 1 is 1.33 bits per heavy atom. The molecule has 1 aliphatic rings. The van der Waals surface area contributed by atoms with Crippen LogP contribution in [0, 0.1) is 5.82 Å². The topological polar surface area (TPSA) is 75.4 Å². The Kier molecular flexibility index (Phi) is 3.39. The fourth-order valence-corrected chi connectivity index (χ4v) is 2.17. The maximum Gasteiger partial charge on any atom is 0.277 e. The van der Waals surface area contributed by atoms with Crippen LogP contribution in [-0.4, -0.2) is 41.3 Å². The molecule has 1 fully saturated rings. The molecule has 2 amide bonds. The number of carbonyl (C=O) groups excluding carboxylic acids is 2. The van der Waals surface area contributed by atoms with Gasteiger partial charge >= 0.3 is 0 Å². The summed E-state index contributed by atoms with van der Waals surface area (Å²) >= 11 is 0. The molecule has 1 aromatic heterocycles. The SMILES string of the molecule is O=C1CN(C(=O)c2ncoc2-c2ccc(F)cc2)CCN1. The standard InChI is InChI=1S/C14H12FN3O3/c15-10-3-1-9(2-4-10)13-12(17-8-21-13)14(20)18-6-5-16-11(19)7-18/h1-4,8H,5-7H2,(H,16,19). The number of rotatable bonds is 2. The first-order valence-corrected chi connectivity index (χ1v) is 6.40. The number of benzene rings is 1. The largest absolute Gasteiger partial charge is 0.443 e. The molecule has 21 heavy (non-hydrogen) atoms. The summed E-state index contributed by atoms with van der Waals surface area (Å²) in [6.07, 6.45) is 1.16. The number of amides is 2. The Morgan fingerprint density at radius 2 is 2.10 bits per heavy atom. The Labute approximate surface area is 119 Å². The average molecular weight is 289 g/mol. The highest BCUT2D eigenvalue weighted by Crippen LogP contribution is 2.24. The lowest BCUT2D eigenvalue weighted by molar-refractivity contribution is -0.123. The zero-order chi connectivity index (χ0) is 14.8. The summed E-state index contributed by atoms with van der Waals surface area (Å²) in [5, 5.41) is 2.65. The maximum atomic E-state index is 13.0. The van der Waals surface area contributed by atoms with Crippen LogP contribution in [0.1, 0.15) is 10.5 Å². The summed E-state index contributed by atoms with van der Waals surface area (Å²) in [6, 6.07) is 5.58. The van der Waals surface area contributed by atoms with Gasteiger partial charge in [-0.1, -0.05) is 0 Å². The number of oxazole rings is 1. The Balaban J connectivity index is 1.89. The maximum absolute atomic E-state index is 13.0. The minimum atomic E-state index is -0.377. The van der Waals surface area contributed by atoms with Crippen molar-refractivity contribution >= 4 is 11.8 Å². The second-order valence-electron chi connectivity index (χ2n) is 4.61. The smallest absolute Gasteiger partial charge is 0.277 e. The Bertz CT molecular complexity index is 681. The van der Waals surface area contributed by atoms with Crippen LogP contribution in [0.5, 0.6) is 0 Å². The molecule has 0 aliphatic carbocycles. The number of hydrogen-bond acceptors (Lipinski definition) is 4. The third-order valence-electron chi connectivity index (χ3n) is 3.20. The van der Waals surface area contributed by atoms with Crippen LogP contribution in [0.3, 0.4) is 0 Å². The number of nitrogens with one attached hydrogen (secondary N) is 1. The van der Waals surface area contributed by atoms with E-state index in [9.17, 15) is 14.0 Å². The van der Waals surface area contributed by atoms with Crippen molar-refractivity contribution in [1.29, 1.82) is 0 Å². The van der Waals surface area contributed by atoms with E-state index in [1.807, 2.05) is 0 Å². The van der Waals surface area contributed by atoms with Crippen LogP contribution in [-0.2, 0) is 4.79 Å². The number of carbonyl (C=O) groups is 2. The third kappa shape index (κ3) is 2.62. The molecule has 0 spiro atoms. The van der Waals surface area contributed by atoms with Crippen molar-refractivity contribution in [3.8, 4) is 11.3 Å². The molecule has 2 heterocycles. The van der Waals surface area contributed by atoms with Gasteiger partial charge in [-0.25, -0.2) is 9.37 Å². The van der Waals surface area contributed by atoms with Crippen molar-refractivity contribution in [2.75, 3.05) is 19.6 Å². The van der Waals surface area contributed by atoms with E-state index in [0.717, 1.165) is 6.39 Å². The molecule has 3 rings (SSSR count). The van der Waals surface area contributed by atoms with E-state index >= 15 is 0 Å². The van der Waals surface area contributed by atoms with Crippen LogP contribution in [0.2, 0.25) is 0 Å². The fraction of sp³-hybridized carbons (Fsp3) is 0.214. The number of hydrogen-bond donors (Lipinski definition) is 1. The predicted molar refractivity (Wildman–Crippen MR) is 70.8 cm³/mol. The molecular formula is C14H12FN3O3. The molecular weight excluding hydrogens is 277 g/mol. The molecule has 2 aromatic rings. The van der Waals surface area contributed by atoms with Crippen molar-refractivity contribution in [3.05, 3.63) is 42.2 Å². The first kappa shape index (κ1) is 13.3. The number of piperazine rings is 1. The van der Waals surface area contributed by atoms with Crippen LogP contribution >= 0.6 is 0 Å². The van der Waals surface area contributed by atoms with E-state index in [0.29, 0.717) is 18.7 Å². The lowest BCUT2D eigenvalue weighted by Gasteiger charge is -2.26. The molecule has 0 atom stereocenters. The number of nitrogens with zero attached hydrogens (tertiary/aromatic N) is 2. The molecule has 1 aliphatic heterocycles. The minimum absolute atomic E-state index is 0.00541. The van der Waals surface area contributed by atoms with Crippen molar-refractivity contribution in [2.24, 2.45) is 0 Å². The zero-order valence-electron chi connectivity index (χ0n) is 11.0. The van der Waals surface area contributed by atoms with Gasteiger partial charge in [-0.3, -0.25) is 9.59 Å². The highest BCUT2D eigenvalue weighted by molar-refractivity contribution is 5.99. The molecule has 1 aromatic carbocycles. The fourth-order valence-electron chi connectivity index (χ4n) is 2.17. The second-order valence-corrected chi connectivity index (χ2v) is 4.61. The van der Waals surface area contributed by atoms with Crippen LogP contribution < -0.4 is 5.32 Å². The lowest BCUT2D eigenvalue weighted by atomic mass is 10.1. The summed E-state index contributed by atoms with van der Waals surface area (Å²) in [4.78, 5) is 29.1. The van der Waals surface area contributed by atoms with Crippen LogP contribution in [0.25, 0.3) is 11.3 Å². The Hall–Kier alpha value is -2.70. The van der Waals surface area contributed by atoms with Crippen molar-refractivity contribution in [1.82, 2.24) is 15.2 Å². The summed E-state index contributed by atoms with van der Waals surface area (Å²) < 4.78 is 18.2. The van der Waals surface area contributed by atoms with Gasteiger partial charge in [0.15, 0.2) is 17.8 Å². The van der Waals surface area contributed by atoms with Crippen molar-refractivity contribution in [3.63, 3.8) is 0 Å². The van der Waals surface area contributed by atoms with Gasteiger partial charge in [0, 0.05) is 18.7 Å². The van der Waals surface area contributed by atoms with Gasteiger partial charge < -0.3 is 14.6 Å². The zero-order valence-corrected chi connectivity index (χ0v) is 11.0. The monoisotopic (exact) mass is 289 g/mol. The minimum Gasteiger partial charge on any atom is -0.443 e. The number of aromatic nitrogens is 1. The highest BCUT2D eigenvalue weighted by Gasteiger charge is 2.27. The predicted octanol–water partition coefficient (Wildman–Crippen LogP) is 1.05. The van der Waals surface area contributed by atoms with Gasteiger partial charge in [-0.15, -0.1) is 0 Å². The summed E-state index contributed by atoms with van der Waals surface area (Å²) in [6.45, 7) is 0.823. The van der Waals surface area contributed by atoms with Gasteiger partial charge in [0.1, 0.15) is 5.82 Å². The molecule has 0 radical (unpaired) electrons. The number of halogens is 1. The highest BCUT2D eigenvalue weighted by atomic mass is 19.1. The molecule has 7 heteroatoms. The van der Waals surface area contributed by atoms with Crippen molar-refractivity contribution < 1.29 is 18.4 Å². The summed E-state index contributed by atoms with van der Waals surface area (Å²) in [7, 11) is 0. The van der Waals surface area contributed by atoms with Crippen LogP contribution in [0.15, 0.2) is 35.1 Å². The van der Waals surface area contributed by atoms with Gasteiger partial charge in [-0.05, 0) is 24.3 Å². The second kappa shape index (κ2) is 5.35. The van der Waals surface area contributed by atoms with Gasteiger partial charge in [0.25, 0.3) is 5.91 Å². The first-order chi connectivity index (χ1) is 10.1. The van der Waals surface area contributed by atoms with Gasteiger partial charge in [-0.2, -0.15) is 0 Å². The molecule has 1 N–H and O–H groups in total. The molecule has 108 valence electrons. The molecule has 0 bridgehead atoms. The third-order valence-corrected chi connectivity index (χ3v) is 3.20. The van der Waals surface area contributed by atoms with E-state index in [1.54, 1.807) is 0 Å². The van der Waals surface area contributed by atoms with E-state index in [-0.39, 0.29) is 35.6 Å². The van der Waals surface area contributed by atoms with Crippen LogP contribution in [0.4, 0.5) is 4.39 Å². The normalized spacial score (nSPS) is 14.9. The molecule has 6 nitrogen and oxygen atoms in total. The van der Waals surface area contributed by atoms with Gasteiger partial charge in [0.05, 0.1) is 6.54 Å². The van der Waals surface area contributed by atoms with E-state index in [1.165, 1.54) is 29.2 Å².